The van der Waals surface area contributed by atoms with Gasteiger partial charge < -0.3 is 4.90 Å². The van der Waals surface area contributed by atoms with Gasteiger partial charge in [0.1, 0.15) is 6.04 Å². The molecule has 5 nitrogen and oxygen atoms in total. The van der Waals surface area contributed by atoms with Crippen molar-refractivity contribution >= 4 is 23.6 Å². The quantitative estimate of drug-likeness (QED) is 0.817. The Balaban J connectivity index is 1.83. The van der Waals surface area contributed by atoms with E-state index in [9.17, 15) is 9.59 Å². The summed E-state index contributed by atoms with van der Waals surface area (Å²) in [6, 6.07) is 8.79. The summed E-state index contributed by atoms with van der Waals surface area (Å²) in [5.74, 6) is 0.810. The van der Waals surface area contributed by atoms with Gasteiger partial charge in [-0.25, -0.2) is 5.48 Å². The third kappa shape index (κ3) is 4.18. The molecule has 2 unspecified atom stereocenters. The summed E-state index contributed by atoms with van der Waals surface area (Å²) < 4.78 is 0. The maximum absolute atomic E-state index is 13.2. The van der Waals surface area contributed by atoms with Crippen molar-refractivity contribution in [2.45, 2.75) is 50.4 Å². The van der Waals surface area contributed by atoms with Gasteiger partial charge in [-0.15, -0.1) is 11.8 Å². The normalized spacial score (nSPS) is 24.3. The summed E-state index contributed by atoms with van der Waals surface area (Å²) in [5, 5.41) is 0.0744. The number of carbonyl (C=O) groups is 2. The van der Waals surface area contributed by atoms with Crippen LogP contribution in [0.2, 0.25) is 0 Å². The number of benzene rings is 1. The lowest BCUT2D eigenvalue weighted by atomic mass is 9.88. The fourth-order valence-electron chi connectivity index (χ4n) is 3.71. The first kappa shape index (κ1) is 18.3. The Morgan fingerprint density at radius 3 is 2.60 bits per heavy atom. The SMILES string of the molecule is CCONC(=O)C1CSC(C2CCCCC2)N1C(=O)c1ccccc1. The molecule has 1 saturated heterocycles. The number of thioether (sulfide) groups is 1. The zero-order valence-electron chi connectivity index (χ0n) is 14.6. The summed E-state index contributed by atoms with van der Waals surface area (Å²) >= 11 is 1.74. The van der Waals surface area contributed by atoms with Crippen LogP contribution in [0.1, 0.15) is 49.4 Å². The van der Waals surface area contributed by atoms with E-state index in [4.69, 9.17) is 4.84 Å². The van der Waals surface area contributed by atoms with Crippen LogP contribution >= 0.6 is 11.8 Å². The maximum atomic E-state index is 13.2. The van der Waals surface area contributed by atoms with Crippen molar-refractivity contribution < 1.29 is 14.4 Å². The van der Waals surface area contributed by atoms with E-state index in [1.54, 1.807) is 11.8 Å². The van der Waals surface area contributed by atoms with Crippen LogP contribution in [0.25, 0.3) is 0 Å². The van der Waals surface area contributed by atoms with Crippen molar-refractivity contribution in [3.63, 3.8) is 0 Å². The van der Waals surface area contributed by atoms with E-state index in [2.05, 4.69) is 5.48 Å². The van der Waals surface area contributed by atoms with Crippen LogP contribution in [0.15, 0.2) is 30.3 Å². The average molecular weight is 362 g/mol. The van der Waals surface area contributed by atoms with Gasteiger partial charge in [-0.1, -0.05) is 37.5 Å². The Labute approximate surface area is 153 Å². The molecule has 2 fully saturated rings. The van der Waals surface area contributed by atoms with E-state index < -0.39 is 6.04 Å². The molecule has 2 amide bonds. The predicted octanol–water partition coefficient (Wildman–Crippen LogP) is 3.22. The molecule has 2 atom stereocenters. The summed E-state index contributed by atoms with van der Waals surface area (Å²) in [6.07, 6.45) is 5.97. The minimum Gasteiger partial charge on any atom is -0.313 e. The second-order valence-electron chi connectivity index (χ2n) is 6.62. The van der Waals surface area contributed by atoms with Crippen molar-refractivity contribution in [3.8, 4) is 0 Å². The van der Waals surface area contributed by atoms with Crippen molar-refractivity contribution in [3.05, 3.63) is 35.9 Å². The number of hydrogen-bond donors (Lipinski definition) is 1. The monoisotopic (exact) mass is 362 g/mol. The lowest BCUT2D eigenvalue weighted by molar-refractivity contribution is -0.137. The second-order valence-corrected chi connectivity index (χ2v) is 7.77. The average Bonchev–Trinajstić information content (AvgIpc) is 3.12. The van der Waals surface area contributed by atoms with Crippen LogP contribution in [-0.4, -0.2) is 40.5 Å². The predicted molar refractivity (Wildman–Crippen MR) is 99.0 cm³/mol. The second kappa shape index (κ2) is 8.72. The molecule has 0 radical (unpaired) electrons. The first-order chi connectivity index (χ1) is 12.2. The molecular formula is C19H26N2O3S. The molecule has 1 aromatic carbocycles. The highest BCUT2D eigenvalue weighted by molar-refractivity contribution is 8.00. The van der Waals surface area contributed by atoms with Gasteiger partial charge >= 0.3 is 0 Å². The molecule has 1 N–H and O–H groups in total. The number of rotatable bonds is 5. The molecule has 0 bridgehead atoms. The molecule has 25 heavy (non-hydrogen) atoms. The molecule has 1 saturated carbocycles. The molecule has 1 heterocycles. The van der Waals surface area contributed by atoms with Gasteiger partial charge in [0.05, 0.1) is 12.0 Å². The van der Waals surface area contributed by atoms with Crippen LogP contribution in [0.4, 0.5) is 0 Å². The maximum Gasteiger partial charge on any atom is 0.267 e. The molecule has 136 valence electrons. The van der Waals surface area contributed by atoms with E-state index in [0.29, 0.717) is 23.8 Å². The standard InChI is InChI=1S/C19H26N2O3S/c1-2-24-20-17(22)16-13-25-19(15-11-7-4-8-12-15)21(16)18(23)14-9-5-3-6-10-14/h3,5-6,9-10,15-16,19H,2,4,7-8,11-13H2,1H3,(H,20,22). The largest absolute Gasteiger partial charge is 0.313 e. The Morgan fingerprint density at radius 2 is 1.92 bits per heavy atom. The fraction of sp³-hybridized carbons (Fsp3) is 0.579. The Morgan fingerprint density at radius 1 is 1.20 bits per heavy atom. The van der Waals surface area contributed by atoms with Gasteiger partial charge in [0, 0.05) is 11.3 Å². The summed E-state index contributed by atoms with van der Waals surface area (Å²) in [6.45, 7) is 2.23. The topological polar surface area (TPSA) is 58.6 Å². The van der Waals surface area contributed by atoms with E-state index in [1.165, 1.54) is 19.3 Å². The van der Waals surface area contributed by atoms with E-state index in [1.807, 2.05) is 42.2 Å². The Bertz CT molecular complexity index is 590. The first-order valence-electron chi connectivity index (χ1n) is 9.13. The molecule has 0 aromatic heterocycles. The van der Waals surface area contributed by atoms with Crippen LogP contribution < -0.4 is 5.48 Å². The molecule has 1 aliphatic carbocycles. The molecule has 3 rings (SSSR count). The smallest absolute Gasteiger partial charge is 0.267 e. The number of carbonyl (C=O) groups excluding carboxylic acids is 2. The number of nitrogens with zero attached hydrogens (tertiary/aromatic N) is 1. The highest BCUT2D eigenvalue weighted by Gasteiger charge is 2.45. The van der Waals surface area contributed by atoms with Crippen molar-refractivity contribution in [1.82, 2.24) is 10.4 Å². The van der Waals surface area contributed by atoms with Crippen LogP contribution in [0.3, 0.4) is 0 Å². The van der Waals surface area contributed by atoms with E-state index in [-0.39, 0.29) is 17.2 Å². The third-order valence-electron chi connectivity index (χ3n) is 4.96. The van der Waals surface area contributed by atoms with Crippen molar-refractivity contribution in [2.75, 3.05) is 12.4 Å². The molecule has 0 spiro atoms. The van der Waals surface area contributed by atoms with Gasteiger partial charge in [-0.3, -0.25) is 14.4 Å². The first-order valence-corrected chi connectivity index (χ1v) is 10.2. The number of nitrogens with one attached hydrogen (secondary N) is 1. The van der Waals surface area contributed by atoms with Crippen LogP contribution in [0, 0.1) is 5.92 Å². The van der Waals surface area contributed by atoms with Crippen LogP contribution in [0.5, 0.6) is 0 Å². The number of hydrogen-bond acceptors (Lipinski definition) is 4. The van der Waals surface area contributed by atoms with Crippen molar-refractivity contribution in [2.24, 2.45) is 5.92 Å². The molecule has 6 heteroatoms. The summed E-state index contributed by atoms with van der Waals surface area (Å²) in [5.41, 5.74) is 3.13. The highest BCUT2D eigenvalue weighted by atomic mass is 32.2. The minimum atomic E-state index is -0.476. The molecular weight excluding hydrogens is 336 g/mol. The third-order valence-corrected chi connectivity index (χ3v) is 6.42. The van der Waals surface area contributed by atoms with E-state index in [0.717, 1.165) is 12.8 Å². The van der Waals surface area contributed by atoms with Crippen LogP contribution in [-0.2, 0) is 9.63 Å². The number of amides is 2. The lowest BCUT2D eigenvalue weighted by Gasteiger charge is -2.35. The van der Waals surface area contributed by atoms with Gasteiger partial charge in [0.25, 0.3) is 11.8 Å². The van der Waals surface area contributed by atoms with Gasteiger partial charge in [0.15, 0.2) is 0 Å². The molecule has 1 aliphatic heterocycles. The van der Waals surface area contributed by atoms with E-state index >= 15 is 0 Å². The lowest BCUT2D eigenvalue weighted by Crippen LogP contribution is -2.51. The Hall–Kier alpha value is -1.53. The minimum absolute atomic E-state index is 0.0576. The zero-order chi connectivity index (χ0) is 17.6. The van der Waals surface area contributed by atoms with Gasteiger partial charge in [0.2, 0.25) is 0 Å². The molecule has 1 aromatic rings. The highest BCUT2D eigenvalue weighted by Crippen LogP contribution is 2.41. The fourth-order valence-corrected chi connectivity index (χ4v) is 5.35. The Kier molecular flexibility index (Phi) is 6.37. The van der Waals surface area contributed by atoms with Gasteiger partial charge in [-0.05, 0) is 37.8 Å². The summed E-state index contributed by atoms with van der Waals surface area (Å²) in [4.78, 5) is 32.6. The number of hydroxylamine groups is 1. The van der Waals surface area contributed by atoms with Crippen molar-refractivity contribution in [1.29, 1.82) is 0 Å². The van der Waals surface area contributed by atoms with Gasteiger partial charge in [-0.2, -0.15) is 0 Å². The molecule has 2 aliphatic rings. The zero-order valence-corrected chi connectivity index (χ0v) is 15.5. The summed E-state index contributed by atoms with van der Waals surface area (Å²) in [7, 11) is 0.